The van der Waals surface area contributed by atoms with Crippen LogP contribution in [0.2, 0.25) is 5.02 Å². The molecule has 2 aromatic rings. The largest absolute Gasteiger partial charge is 0.550 e. The van der Waals surface area contributed by atoms with Gasteiger partial charge < -0.3 is 15.2 Å². The van der Waals surface area contributed by atoms with E-state index in [-0.39, 0.29) is 6.42 Å². The highest BCUT2D eigenvalue weighted by atomic mass is 35.5. The molecule has 0 aliphatic carbocycles. The number of carbonyl (C=O) groups excluding carboxylic acids is 1. The highest BCUT2D eigenvalue weighted by Crippen LogP contribution is 2.22. The van der Waals surface area contributed by atoms with Crippen molar-refractivity contribution in [2.75, 3.05) is 11.9 Å². The Balaban J connectivity index is 2.11. The second kappa shape index (κ2) is 5.64. The summed E-state index contributed by atoms with van der Waals surface area (Å²) in [5, 5.41) is 14.8. The summed E-state index contributed by atoms with van der Waals surface area (Å²) < 4.78 is 0. The van der Waals surface area contributed by atoms with E-state index in [1.807, 2.05) is 6.07 Å². The molecule has 1 heterocycles. The minimum absolute atomic E-state index is 0.0296. The highest BCUT2D eigenvalue weighted by Gasteiger charge is 2.03. The average molecular weight is 265 g/mol. The predicted molar refractivity (Wildman–Crippen MR) is 67.3 cm³/mol. The number of halogens is 1. The van der Waals surface area contributed by atoms with E-state index in [4.69, 9.17) is 11.6 Å². The van der Waals surface area contributed by atoms with Crippen LogP contribution in [0.1, 0.15) is 12.8 Å². The van der Waals surface area contributed by atoms with Gasteiger partial charge in [0.2, 0.25) is 0 Å². The molecule has 0 amide bonds. The van der Waals surface area contributed by atoms with Crippen molar-refractivity contribution in [3.63, 3.8) is 0 Å². The first-order chi connectivity index (χ1) is 8.66. The molecule has 2 rings (SSSR count). The number of nitrogens with zero attached hydrogens (tertiary/aromatic N) is 2. The van der Waals surface area contributed by atoms with Gasteiger partial charge in [0, 0.05) is 22.9 Å². The number of nitrogens with one attached hydrogen (secondary N) is 1. The summed E-state index contributed by atoms with van der Waals surface area (Å²) in [7, 11) is 0. The number of fused-ring (bicyclic) bond motifs is 1. The van der Waals surface area contributed by atoms with Crippen LogP contribution in [0.15, 0.2) is 24.5 Å². The van der Waals surface area contributed by atoms with Crippen molar-refractivity contribution in [2.24, 2.45) is 0 Å². The van der Waals surface area contributed by atoms with E-state index in [9.17, 15) is 9.90 Å². The molecule has 1 N–H and O–H groups in total. The average Bonchev–Trinajstić information content (AvgIpc) is 2.34. The normalized spacial score (nSPS) is 10.5. The van der Waals surface area contributed by atoms with E-state index in [1.165, 1.54) is 6.33 Å². The Morgan fingerprint density at radius 2 is 2.22 bits per heavy atom. The molecule has 1 aromatic heterocycles. The first-order valence-electron chi connectivity index (χ1n) is 5.51. The molecule has 0 saturated heterocycles. The van der Waals surface area contributed by atoms with Gasteiger partial charge in [-0.1, -0.05) is 11.6 Å². The fourth-order valence-electron chi connectivity index (χ4n) is 1.61. The van der Waals surface area contributed by atoms with Gasteiger partial charge >= 0.3 is 0 Å². The summed E-state index contributed by atoms with van der Waals surface area (Å²) in [5.74, 6) is -0.369. The summed E-state index contributed by atoms with van der Waals surface area (Å²) in [5.41, 5.74) is 0.750. The molecule has 1 aromatic carbocycles. The van der Waals surface area contributed by atoms with Gasteiger partial charge in [-0.2, -0.15) is 0 Å². The van der Waals surface area contributed by atoms with Crippen LogP contribution in [0.4, 0.5) is 5.82 Å². The van der Waals surface area contributed by atoms with Crippen molar-refractivity contribution in [1.82, 2.24) is 9.97 Å². The fourth-order valence-corrected chi connectivity index (χ4v) is 1.78. The van der Waals surface area contributed by atoms with Gasteiger partial charge in [0.05, 0.1) is 5.52 Å². The molecule has 0 spiro atoms. The smallest absolute Gasteiger partial charge is 0.137 e. The van der Waals surface area contributed by atoms with Crippen LogP contribution < -0.4 is 10.4 Å². The number of carboxylic acid groups (broad SMARTS) is 1. The second-order valence-corrected chi connectivity index (χ2v) is 4.22. The van der Waals surface area contributed by atoms with Crippen LogP contribution in [0, 0.1) is 0 Å². The summed E-state index contributed by atoms with van der Waals surface area (Å²) in [6.07, 6.45) is 1.96. The van der Waals surface area contributed by atoms with Gasteiger partial charge in [-0.3, -0.25) is 0 Å². The van der Waals surface area contributed by atoms with Crippen LogP contribution >= 0.6 is 11.6 Å². The maximum absolute atomic E-state index is 10.3. The van der Waals surface area contributed by atoms with Gasteiger partial charge in [-0.15, -0.1) is 0 Å². The predicted octanol–water partition coefficient (Wildman–Crippen LogP) is 1.23. The Hall–Kier alpha value is -1.88. The number of carboxylic acids is 1. The molecule has 0 fully saturated rings. The van der Waals surface area contributed by atoms with Crippen LogP contribution in [0.25, 0.3) is 10.9 Å². The zero-order chi connectivity index (χ0) is 13.0. The van der Waals surface area contributed by atoms with Crippen LogP contribution in [-0.2, 0) is 4.79 Å². The number of hydrogen-bond acceptors (Lipinski definition) is 5. The Morgan fingerprint density at radius 1 is 1.39 bits per heavy atom. The number of carbonyl (C=O) groups is 1. The van der Waals surface area contributed by atoms with Crippen molar-refractivity contribution in [3.05, 3.63) is 29.5 Å². The number of anilines is 1. The molecule has 6 heteroatoms. The molecule has 0 aliphatic rings. The lowest BCUT2D eigenvalue weighted by molar-refractivity contribution is -0.305. The molecule has 18 heavy (non-hydrogen) atoms. The Bertz CT molecular complexity index is 574. The van der Waals surface area contributed by atoms with Gasteiger partial charge in [0.25, 0.3) is 0 Å². The van der Waals surface area contributed by atoms with Gasteiger partial charge in [-0.25, -0.2) is 9.97 Å². The Labute approximate surface area is 109 Å². The summed E-state index contributed by atoms with van der Waals surface area (Å²) in [4.78, 5) is 18.5. The van der Waals surface area contributed by atoms with Crippen LogP contribution in [0.3, 0.4) is 0 Å². The zero-order valence-corrected chi connectivity index (χ0v) is 10.3. The fraction of sp³-hybridized carbons (Fsp3) is 0.250. The third-order valence-electron chi connectivity index (χ3n) is 2.45. The van der Waals surface area contributed by atoms with Crippen molar-refractivity contribution in [2.45, 2.75) is 12.8 Å². The Kier molecular flexibility index (Phi) is 3.94. The summed E-state index contributed by atoms with van der Waals surface area (Å²) >= 11 is 5.88. The van der Waals surface area contributed by atoms with Crippen molar-refractivity contribution >= 4 is 34.3 Å². The quantitative estimate of drug-likeness (QED) is 0.822. The molecule has 0 unspecified atom stereocenters. The minimum Gasteiger partial charge on any atom is -0.550 e. The minimum atomic E-state index is -1.05. The number of hydrogen-bond donors (Lipinski definition) is 1. The van der Waals surface area contributed by atoms with E-state index in [2.05, 4.69) is 15.3 Å². The van der Waals surface area contributed by atoms with Crippen molar-refractivity contribution in [3.8, 4) is 0 Å². The second-order valence-electron chi connectivity index (χ2n) is 3.79. The molecule has 94 valence electrons. The lowest BCUT2D eigenvalue weighted by Gasteiger charge is -2.08. The maximum atomic E-state index is 10.3. The standard InChI is InChI=1S/C12H12ClN3O2/c13-8-3-4-9-10(6-8)15-7-16-12(9)14-5-1-2-11(17)18/h3-4,6-7H,1-2,5H2,(H,17,18)(H,14,15,16)/p-1. The summed E-state index contributed by atoms with van der Waals surface area (Å²) in [6.45, 7) is 0.517. The topological polar surface area (TPSA) is 77.9 Å². The van der Waals surface area contributed by atoms with Crippen molar-refractivity contribution in [1.29, 1.82) is 0 Å². The molecular formula is C12H11ClN3O2-. The number of benzene rings is 1. The number of aromatic nitrogens is 2. The van der Waals surface area contributed by atoms with E-state index in [0.29, 0.717) is 23.8 Å². The number of rotatable bonds is 5. The van der Waals surface area contributed by atoms with Crippen LogP contribution in [0.5, 0.6) is 0 Å². The van der Waals surface area contributed by atoms with Crippen LogP contribution in [-0.4, -0.2) is 22.5 Å². The lowest BCUT2D eigenvalue weighted by atomic mass is 10.2. The monoisotopic (exact) mass is 264 g/mol. The van der Waals surface area contributed by atoms with Crippen molar-refractivity contribution < 1.29 is 9.90 Å². The molecule has 0 atom stereocenters. The zero-order valence-electron chi connectivity index (χ0n) is 9.52. The molecule has 0 aliphatic heterocycles. The van der Waals surface area contributed by atoms with E-state index >= 15 is 0 Å². The molecule has 0 radical (unpaired) electrons. The highest BCUT2D eigenvalue weighted by molar-refractivity contribution is 6.31. The molecular weight excluding hydrogens is 254 g/mol. The first kappa shape index (κ1) is 12.6. The SMILES string of the molecule is O=C([O-])CCCNc1ncnc2cc(Cl)ccc12. The third kappa shape index (κ3) is 3.07. The maximum Gasteiger partial charge on any atom is 0.137 e. The summed E-state index contributed by atoms with van der Waals surface area (Å²) in [6, 6.07) is 5.35. The number of aliphatic carboxylic acids is 1. The molecule has 0 saturated carbocycles. The molecule has 5 nitrogen and oxygen atoms in total. The van der Waals surface area contributed by atoms with E-state index in [0.717, 1.165) is 10.9 Å². The van der Waals surface area contributed by atoms with Gasteiger partial charge in [-0.05, 0) is 31.0 Å². The van der Waals surface area contributed by atoms with E-state index in [1.54, 1.807) is 12.1 Å². The Morgan fingerprint density at radius 3 is 3.00 bits per heavy atom. The first-order valence-corrected chi connectivity index (χ1v) is 5.88. The van der Waals surface area contributed by atoms with Gasteiger partial charge in [0.1, 0.15) is 12.1 Å². The van der Waals surface area contributed by atoms with E-state index < -0.39 is 5.97 Å². The van der Waals surface area contributed by atoms with Gasteiger partial charge in [0.15, 0.2) is 0 Å². The third-order valence-corrected chi connectivity index (χ3v) is 2.68. The molecule has 0 bridgehead atoms. The lowest BCUT2D eigenvalue weighted by Crippen LogP contribution is -2.22.